The third kappa shape index (κ3) is 4.22. The maximum atomic E-state index is 13.1. The van der Waals surface area contributed by atoms with Gasteiger partial charge in [-0.2, -0.15) is 13.2 Å². The zero-order valence-electron chi connectivity index (χ0n) is 15.7. The molecule has 0 aliphatic carbocycles. The number of halogens is 3. The normalized spacial score (nSPS) is 11.6. The van der Waals surface area contributed by atoms with E-state index >= 15 is 0 Å². The Morgan fingerprint density at radius 3 is 2.43 bits per heavy atom. The average molecular weight is 422 g/mol. The first-order chi connectivity index (χ1) is 14.1. The fourth-order valence-corrected chi connectivity index (χ4v) is 3.11. The van der Waals surface area contributed by atoms with Gasteiger partial charge < -0.3 is 19.4 Å². The van der Waals surface area contributed by atoms with Gasteiger partial charge in [0.25, 0.3) is 5.56 Å². The highest BCUT2D eigenvalue weighted by atomic mass is 19.4. The number of Topliss-reactive ketones (excluding diaryl/α,β-unsaturated/α-hetero) is 1. The van der Waals surface area contributed by atoms with E-state index < -0.39 is 35.8 Å². The zero-order valence-corrected chi connectivity index (χ0v) is 15.7. The average Bonchev–Trinajstić information content (AvgIpc) is 3.07. The molecule has 0 unspecified atom stereocenters. The molecule has 2 aromatic heterocycles. The number of ether oxygens (including phenoxy) is 1. The fourth-order valence-electron chi connectivity index (χ4n) is 3.11. The zero-order chi connectivity index (χ0) is 22.1. The third-order valence-electron chi connectivity index (χ3n) is 4.45. The molecular formula is C20H17F3N2O5. The maximum absolute atomic E-state index is 13.1. The van der Waals surface area contributed by atoms with Gasteiger partial charge in [-0.3, -0.25) is 9.59 Å². The van der Waals surface area contributed by atoms with E-state index in [1.165, 1.54) is 6.07 Å². The lowest BCUT2D eigenvalue weighted by molar-refractivity contribution is -0.153. The van der Waals surface area contributed by atoms with Crippen LogP contribution in [0.2, 0.25) is 0 Å². The predicted octanol–water partition coefficient (Wildman–Crippen LogP) is 3.41. The topological polar surface area (TPSA) is 101 Å². The number of carboxylic acids is 1. The summed E-state index contributed by atoms with van der Waals surface area (Å²) in [6.45, 7) is -0.390. The van der Waals surface area contributed by atoms with Gasteiger partial charge in [-0.25, -0.2) is 4.79 Å². The first-order valence-electron chi connectivity index (χ1n) is 8.91. The molecule has 2 heterocycles. The van der Waals surface area contributed by atoms with E-state index in [0.717, 1.165) is 4.57 Å². The number of aromatic carboxylic acids is 1. The molecule has 10 heteroatoms. The summed E-state index contributed by atoms with van der Waals surface area (Å²) >= 11 is 0. The number of carboxylic acid groups (broad SMARTS) is 1. The summed E-state index contributed by atoms with van der Waals surface area (Å²) < 4.78 is 43.7. The number of aryl methyl sites for hydroxylation is 1. The first-order valence-corrected chi connectivity index (χ1v) is 8.91. The van der Waals surface area contributed by atoms with Gasteiger partial charge in [0.2, 0.25) is 0 Å². The van der Waals surface area contributed by atoms with Crippen LogP contribution < -0.4 is 10.3 Å². The van der Waals surface area contributed by atoms with Gasteiger partial charge in [-0.15, -0.1) is 0 Å². The lowest BCUT2D eigenvalue weighted by atomic mass is 10.1. The highest BCUT2D eigenvalue weighted by Crippen LogP contribution is 2.30. The molecule has 0 bridgehead atoms. The van der Waals surface area contributed by atoms with Gasteiger partial charge in [0.1, 0.15) is 5.39 Å². The van der Waals surface area contributed by atoms with E-state index in [0.29, 0.717) is 17.7 Å². The number of H-pyrrole nitrogens is 1. The molecule has 0 spiro atoms. The number of benzene rings is 1. The largest absolute Gasteiger partial charge is 0.481 e. The number of hydrogen-bond acceptors (Lipinski definition) is 4. The molecule has 30 heavy (non-hydrogen) atoms. The minimum Gasteiger partial charge on any atom is -0.481 e. The third-order valence-corrected chi connectivity index (χ3v) is 4.45. The highest BCUT2D eigenvalue weighted by molar-refractivity contribution is 6.00. The number of carbonyl (C=O) groups is 2. The van der Waals surface area contributed by atoms with Crippen molar-refractivity contribution in [3.05, 3.63) is 63.7 Å². The van der Waals surface area contributed by atoms with Crippen molar-refractivity contribution in [2.75, 3.05) is 6.61 Å². The van der Waals surface area contributed by atoms with Gasteiger partial charge in [0.05, 0.1) is 12.1 Å². The molecule has 158 valence electrons. The van der Waals surface area contributed by atoms with Crippen LogP contribution in [0.4, 0.5) is 13.2 Å². The molecule has 0 aliphatic rings. The molecule has 3 rings (SSSR count). The molecular weight excluding hydrogens is 405 g/mol. The smallest absolute Gasteiger partial charge is 0.422 e. The SMILES string of the molecule is CCc1cc2[nH]c(C(=O)O)c(OCC(F)(F)F)c2c(=O)n1CC(=O)c1ccccc1. The summed E-state index contributed by atoms with van der Waals surface area (Å²) in [7, 11) is 0. The number of nitrogens with one attached hydrogen (secondary N) is 1. The number of nitrogens with zero attached hydrogens (tertiary/aromatic N) is 1. The minimum absolute atomic E-state index is 0.0230. The van der Waals surface area contributed by atoms with Crippen molar-refractivity contribution in [3.63, 3.8) is 0 Å². The van der Waals surface area contributed by atoms with E-state index in [9.17, 15) is 32.7 Å². The number of pyridine rings is 1. The molecule has 0 saturated heterocycles. The molecule has 2 N–H and O–H groups in total. The Kier molecular flexibility index (Phi) is 5.68. The van der Waals surface area contributed by atoms with Crippen LogP contribution in [0.25, 0.3) is 10.9 Å². The quantitative estimate of drug-likeness (QED) is 0.569. The van der Waals surface area contributed by atoms with Crippen molar-refractivity contribution in [2.24, 2.45) is 0 Å². The van der Waals surface area contributed by atoms with E-state index in [4.69, 9.17) is 0 Å². The summed E-state index contributed by atoms with van der Waals surface area (Å²) in [5.41, 5.74) is -0.678. The van der Waals surface area contributed by atoms with E-state index in [1.807, 2.05) is 0 Å². The lowest BCUT2D eigenvalue weighted by Gasteiger charge is -2.13. The van der Waals surface area contributed by atoms with Crippen LogP contribution >= 0.6 is 0 Å². The van der Waals surface area contributed by atoms with Crippen molar-refractivity contribution < 1.29 is 32.6 Å². The Morgan fingerprint density at radius 2 is 1.87 bits per heavy atom. The van der Waals surface area contributed by atoms with E-state index in [2.05, 4.69) is 9.72 Å². The Morgan fingerprint density at radius 1 is 1.20 bits per heavy atom. The number of carbonyl (C=O) groups excluding carboxylic acids is 1. The van der Waals surface area contributed by atoms with Gasteiger partial charge in [-0.1, -0.05) is 37.3 Å². The monoisotopic (exact) mass is 422 g/mol. The van der Waals surface area contributed by atoms with Gasteiger partial charge in [-0.05, 0) is 12.5 Å². The standard InChI is InChI=1S/C20H17F3N2O5/c1-2-12-8-13-15(17(16(24-13)19(28)29)30-10-20(21,22)23)18(27)25(12)9-14(26)11-6-4-3-5-7-11/h3-8,24H,2,9-10H2,1H3,(H,28,29). The summed E-state index contributed by atoms with van der Waals surface area (Å²) in [5, 5.41) is 8.97. The Bertz CT molecular complexity index is 1160. The Balaban J connectivity index is 2.16. The fraction of sp³-hybridized carbons (Fsp3) is 0.250. The Hall–Kier alpha value is -3.56. The molecule has 0 atom stereocenters. The lowest BCUT2D eigenvalue weighted by Crippen LogP contribution is -2.28. The number of rotatable bonds is 7. The number of alkyl halides is 3. The molecule has 0 fully saturated rings. The second-order valence-electron chi connectivity index (χ2n) is 6.50. The summed E-state index contributed by atoms with van der Waals surface area (Å²) in [6.07, 6.45) is -4.40. The van der Waals surface area contributed by atoms with E-state index in [-0.39, 0.29) is 23.2 Å². The number of aromatic amines is 1. The Labute approximate surface area is 167 Å². The molecule has 0 aliphatic heterocycles. The van der Waals surface area contributed by atoms with Crippen LogP contribution in [0.15, 0.2) is 41.2 Å². The number of hydrogen-bond donors (Lipinski definition) is 2. The summed E-state index contributed by atoms with van der Waals surface area (Å²) in [6, 6.07) is 9.64. The van der Waals surface area contributed by atoms with Crippen LogP contribution in [0.1, 0.15) is 33.5 Å². The van der Waals surface area contributed by atoms with Crippen LogP contribution in [-0.4, -0.2) is 39.2 Å². The molecule has 1 aromatic carbocycles. The van der Waals surface area contributed by atoms with Crippen LogP contribution in [0, 0.1) is 0 Å². The second kappa shape index (κ2) is 8.05. The predicted molar refractivity (Wildman–Crippen MR) is 101 cm³/mol. The van der Waals surface area contributed by atoms with Gasteiger partial charge in [0.15, 0.2) is 23.8 Å². The van der Waals surface area contributed by atoms with Crippen molar-refractivity contribution in [1.29, 1.82) is 0 Å². The first kappa shape index (κ1) is 21.2. The van der Waals surface area contributed by atoms with Crippen molar-refractivity contribution in [2.45, 2.75) is 26.1 Å². The summed E-state index contributed by atoms with van der Waals surface area (Å²) in [5.74, 6) is -2.66. The highest BCUT2D eigenvalue weighted by Gasteiger charge is 2.31. The minimum atomic E-state index is -4.73. The van der Waals surface area contributed by atoms with Gasteiger partial charge >= 0.3 is 12.1 Å². The van der Waals surface area contributed by atoms with Gasteiger partial charge in [0, 0.05) is 11.3 Å². The molecule has 0 amide bonds. The maximum Gasteiger partial charge on any atom is 0.422 e. The molecule has 7 nitrogen and oxygen atoms in total. The number of fused-ring (bicyclic) bond motifs is 1. The van der Waals surface area contributed by atoms with Crippen molar-refractivity contribution in [3.8, 4) is 5.75 Å². The van der Waals surface area contributed by atoms with Crippen LogP contribution in [-0.2, 0) is 13.0 Å². The van der Waals surface area contributed by atoms with Crippen molar-refractivity contribution in [1.82, 2.24) is 9.55 Å². The van der Waals surface area contributed by atoms with E-state index in [1.54, 1.807) is 37.3 Å². The summed E-state index contributed by atoms with van der Waals surface area (Å²) in [4.78, 5) is 39.6. The molecule has 3 aromatic rings. The molecule has 0 saturated carbocycles. The van der Waals surface area contributed by atoms with Crippen LogP contribution in [0.5, 0.6) is 5.75 Å². The van der Waals surface area contributed by atoms with Crippen molar-refractivity contribution >= 4 is 22.7 Å². The molecule has 0 radical (unpaired) electrons. The second-order valence-corrected chi connectivity index (χ2v) is 6.50. The van der Waals surface area contributed by atoms with Crippen LogP contribution in [0.3, 0.4) is 0 Å². The number of aromatic nitrogens is 2. The number of ketones is 1.